The van der Waals surface area contributed by atoms with Crippen LogP contribution in [-0.4, -0.2) is 62.5 Å². The number of carbonyl (C=O) groups excluding carboxylic acids is 2. The third kappa shape index (κ3) is 5.05. The normalized spacial score (nSPS) is 17.9. The van der Waals surface area contributed by atoms with Crippen molar-refractivity contribution >= 4 is 28.5 Å². The minimum atomic E-state index is -0.775. The fraction of sp³-hybridized carbons (Fsp3) is 0.400. The topological polar surface area (TPSA) is 131 Å². The number of amides is 2. The molecular formula is C30H31F2N7O3. The maximum atomic E-state index is 15.3. The minimum absolute atomic E-state index is 0.154. The van der Waals surface area contributed by atoms with Gasteiger partial charge in [0.2, 0.25) is 11.8 Å². The molecule has 1 atom stereocenters. The Balaban J connectivity index is 1.27. The first kappa shape index (κ1) is 27.7. The smallest absolute Gasteiger partial charge is 0.257 e. The molecule has 2 aromatic heterocycles. The number of likely N-dealkylation sites (tertiary alicyclic amines) is 1. The van der Waals surface area contributed by atoms with Crippen molar-refractivity contribution in [3.05, 3.63) is 65.6 Å². The van der Waals surface area contributed by atoms with Gasteiger partial charge in [-0.15, -0.1) is 0 Å². The molecule has 1 unspecified atom stereocenters. The molecule has 2 aliphatic heterocycles. The maximum absolute atomic E-state index is 15.3. The van der Waals surface area contributed by atoms with Gasteiger partial charge in [0.1, 0.15) is 29.8 Å². The van der Waals surface area contributed by atoms with Gasteiger partial charge in [0.15, 0.2) is 5.82 Å². The van der Waals surface area contributed by atoms with Gasteiger partial charge >= 0.3 is 0 Å². The highest BCUT2D eigenvalue weighted by atomic mass is 19.1. The first-order valence-corrected chi connectivity index (χ1v) is 14.1. The van der Waals surface area contributed by atoms with Gasteiger partial charge in [-0.25, -0.2) is 18.7 Å². The van der Waals surface area contributed by atoms with Gasteiger partial charge in [-0.1, -0.05) is 25.1 Å². The number of anilines is 1. The van der Waals surface area contributed by atoms with Crippen molar-refractivity contribution in [2.45, 2.75) is 57.4 Å². The maximum Gasteiger partial charge on any atom is 0.257 e. The molecule has 6 rings (SSSR count). The number of hydrogen-bond donors (Lipinski definition) is 1. The van der Waals surface area contributed by atoms with Gasteiger partial charge in [-0.05, 0) is 55.5 Å². The molecule has 0 radical (unpaired) electrons. The van der Waals surface area contributed by atoms with Crippen molar-refractivity contribution in [3.63, 3.8) is 0 Å². The number of aromatic nitrogens is 4. The third-order valence-electron chi connectivity index (χ3n) is 8.15. The van der Waals surface area contributed by atoms with E-state index in [9.17, 15) is 9.59 Å². The highest BCUT2D eigenvalue weighted by molar-refractivity contribution is 6.01. The second kappa shape index (κ2) is 11.1. The number of carbonyl (C=O) groups is 2. The number of fused-ring (bicyclic) bond motifs is 1. The van der Waals surface area contributed by atoms with Crippen LogP contribution in [0.1, 0.15) is 73.4 Å². The lowest BCUT2D eigenvalue weighted by atomic mass is 9.95. The molecule has 4 heterocycles. The molecule has 4 aromatic rings. The van der Waals surface area contributed by atoms with Crippen molar-refractivity contribution in [1.82, 2.24) is 25.0 Å². The summed E-state index contributed by atoms with van der Waals surface area (Å²) in [5.41, 5.74) is 6.47. The molecular weight excluding hydrogens is 544 g/mol. The van der Waals surface area contributed by atoms with Crippen LogP contribution in [0.15, 0.2) is 41.2 Å². The SMILES string of the molecule is CC(C)c1nc(C2CCN(c3ncnc4c(-c5ccc(C(=O)N6CCCC6C(N)=O)c(F)c5)cc(F)cc34)CC2)no1. The minimum Gasteiger partial charge on any atom is -0.368 e. The molecule has 0 bridgehead atoms. The number of piperidine rings is 1. The average Bonchev–Trinajstić information content (AvgIpc) is 3.67. The predicted molar refractivity (Wildman–Crippen MR) is 151 cm³/mol. The van der Waals surface area contributed by atoms with E-state index in [1.54, 1.807) is 6.07 Å². The molecule has 218 valence electrons. The van der Waals surface area contributed by atoms with E-state index in [2.05, 4.69) is 25.0 Å². The van der Waals surface area contributed by atoms with Crippen LogP contribution in [0.4, 0.5) is 14.6 Å². The number of benzene rings is 2. The van der Waals surface area contributed by atoms with E-state index >= 15 is 8.78 Å². The van der Waals surface area contributed by atoms with Crippen molar-refractivity contribution in [3.8, 4) is 11.1 Å². The van der Waals surface area contributed by atoms with Crippen LogP contribution in [0.25, 0.3) is 22.0 Å². The van der Waals surface area contributed by atoms with E-state index in [0.29, 0.717) is 72.0 Å². The summed E-state index contributed by atoms with van der Waals surface area (Å²) in [4.78, 5) is 41.6. The Kier molecular flexibility index (Phi) is 7.29. The van der Waals surface area contributed by atoms with Crippen LogP contribution in [0.2, 0.25) is 0 Å². The quantitative estimate of drug-likeness (QED) is 0.354. The standard InChI is InChI=1S/C30H31F2N7O3/c1-16(2)29-36-27(37-42-29)17-7-10-38(11-8-17)28-22-14-19(31)13-21(25(22)34-15-35-28)18-5-6-20(23(32)12-18)30(41)39-9-3-4-24(39)26(33)40/h5-6,12-17,24H,3-4,7-11H2,1-2H3,(H2,33,40). The van der Waals surface area contributed by atoms with E-state index in [-0.39, 0.29) is 17.4 Å². The van der Waals surface area contributed by atoms with Crippen LogP contribution in [0.5, 0.6) is 0 Å². The number of rotatable bonds is 6. The molecule has 2 amide bonds. The first-order valence-electron chi connectivity index (χ1n) is 14.1. The van der Waals surface area contributed by atoms with Crippen LogP contribution in [0, 0.1) is 11.6 Å². The van der Waals surface area contributed by atoms with Crippen molar-refractivity contribution < 1.29 is 22.9 Å². The van der Waals surface area contributed by atoms with Gasteiger partial charge < -0.3 is 20.1 Å². The predicted octanol–water partition coefficient (Wildman–Crippen LogP) is 4.56. The zero-order chi connectivity index (χ0) is 29.5. The van der Waals surface area contributed by atoms with Gasteiger partial charge in [0.25, 0.3) is 5.91 Å². The molecule has 2 aliphatic rings. The van der Waals surface area contributed by atoms with Crippen LogP contribution in [-0.2, 0) is 4.79 Å². The lowest BCUT2D eigenvalue weighted by Crippen LogP contribution is -2.43. The first-order chi connectivity index (χ1) is 20.2. The van der Waals surface area contributed by atoms with E-state index in [1.165, 1.54) is 35.5 Å². The molecule has 2 N–H and O–H groups in total. The Morgan fingerprint density at radius 1 is 1.05 bits per heavy atom. The molecule has 10 nitrogen and oxygen atoms in total. The van der Waals surface area contributed by atoms with Crippen molar-refractivity contribution in [2.75, 3.05) is 24.5 Å². The number of nitrogens with two attached hydrogens (primary N) is 1. The summed E-state index contributed by atoms with van der Waals surface area (Å²) in [6, 6.07) is 6.04. The summed E-state index contributed by atoms with van der Waals surface area (Å²) < 4.78 is 35.7. The molecule has 2 fully saturated rings. The highest BCUT2D eigenvalue weighted by Crippen LogP contribution is 2.36. The molecule has 12 heteroatoms. The zero-order valence-corrected chi connectivity index (χ0v) is 23.4. The second-order valence-corrected chi connectivity index (χ2v) is 11.2. The van der Waals surface area contributed by atoms with E-state index < -0.39 is 29.5 Å². The Morgan fingerprint density at radius 2 is 1.83 bits per heavy atom. The van der Waals surface area contributed by atoms with Gasteiger partial charge in [-0.3, -0.25) is 9.59 Å². The van der Waals surface area contributed by atoms with E-state index in [4.69, 9.17) is 10.3 Å². The Bertz CT molecular complexity index is 1670. The molecule has 0 spiro atoms. The number of halogens is 2. The number of nitrogens with zero attached hydrogens (tertiary/aromatic N) is 6. The summed E-state index contributed by atoms with van der Waals surface area (Å²) in [6.45, 7) is 5.65. The molecule has 2 aromatic carbocycles. The lowest BCUT2D eigenvalue weighted by Gasteiger charge is -2.32. The lowest BCUT2D eigenvalue weighted by molar-refractivity contribution is -0.121. The van der Waals surface area contributed by atoms with E-state index in [0.717, 1.165) is 12.8 Å². The molecule has 0 aliphatic carbocycles. The fourth-order valence-electron chi connectivity index (χ4n) is 5.91. The Labute approximate surface area is 240 Å². The van der Waals surface area contributed by atoms with Crippen LogP contribution < -0.4 is 10.6 Å². The average molecular weight is 576 g/mol. The van der Waals surface area contributed by atoms with Crippen molar-refractivity contribution in [2.24, 2.45) is 5.73 Å². The second-order valence-electron chi connectivity index (χ2n) is 11.2. The largest absolute Gasteiger partial charge is 0.368 e. The summed E-state index contributed by atoms with van der Waals surface area (Å²) >= 11 is 0. The Morgan fingerprint density at radius 3 is 2.52 bits per heavy atom. The molecule has 42 heavy (non-hydrogen) atoms. The number of primary amides is 1. The van der Waals surface area contributed by atoms with Crippen LogP contribution >= 0.6 is 0 Å². The summed E-state index contributed by atoms with van der Waals surface area (Å²) in [7, 11) is 0. The number of hydrogen-bond acceptors (Lipinski definition) is 8. The fourth-order valence-corrected chi connectivity index (χ4v) is 5.91. The third-order valence-corrected chi connectivity index (χ3v) is 8.15. The highest BCUT2D eigenvalue weighted by Gasteiger charge is 2.34. The van der Waals surface area contributed by atoms with Crippen molar-refractivity contribution in [1.29, 1.82) is 0 Å². The van der Waals surface area contributed by atoms with Crippen LogP contribution in [0.3, 0.4) is 0 Å². The van der Waals surface area contributed by atoms with Gasteiger partial charge in [0, 0.05) is 42.4 Å². The zero-order valence-electron chi connectivity index (χ0n) is 23.4. The summed E-state index contributed by atoms with van der Waals surface area (Å²) in [6.07, 6.45) is 4.04. The van der Waals surface area contributed by atoms with Gasteiger partial charge in [-0.2, -0.15) is 4.98 Å². The van der Waals surface area contributed by atoms with E-state index in [1.807, 2.05) is 13.8 Å². The molecule has 2 saturated heterocycles. The summed E-state index contributed by atoms with van der Waals surface area (Å²) in [5, 5.41) is 4.68. The monoisotopic (exact) mass is 575 g/mol. The molecule has 0 saturated carbocycles. The summed E-state index contributed by atoms with van der Waals surface area (Å²) in [5.74, 6) is -0.267. The Hall–Kier alpha value is -4.48. The van der Waals surface area contributed by atoms with Gasteiger partial charge in [0.05, 0.1) is 11.1 Å².